The van der Waals surface area contributed by atoms with Crippen molar-refractivity contribution in [3.63, 3.8) is 0 Å². The molecule has 0 saturated heterocycles. The average molecular weight is 474 g/mol. The number of amides is 3. The summed E-state index contributed by atoms with van der Waals surface area (Å²) < 4.78 is 4.87. The van der Waals surface area contributed by atoms with Crippen molar-refractivity contribution in [3.8, 4) is 0 Å². The molecule has 11 heteroatoms. The number of hydrogen-bond acceptors (Lipinski definition) is 8. The molecule has 33 heavy (non-hydrogen) atoms. The maximum atomic E-state index is 12.9. The van der Waals surface area contributed by atoms with Crippen molar-refractivity contribution < 1.29 is 19.1 Å². The molecule has 0 radical (unpaired) electrons. The summed E-state index contributed by atoms with van der Waals surface area (Å²) >= 11 is 0. The van der Waals surface area contributed by atoms with Crippen LogP contribution in [-0.2, 0) is 14.3 Å². The van der Waals surface area contributed by atoms with E-state index in [-0.39, 0.29) is 25.0 Å². The number of ether oxygens (including phenoxy) is 1. The lowest BCUT2D eigenvalue weighted by atomic mass is 10.1. The highest BCUT2D eigenvalue weighted by atomic mass is 16.5. The number of primary amides is 1. The molecule has 0 aliphatic heterocycles. The highest BCUT2D eigenvalue weighted by Gasteiger charge is 2.23. The molecule has 0 saturated carbocycles. The number of unbranched alkanes of at least 4 members (excludes halogenated alkanes) is 6. The van der Waals surface area contributed by atoms with Gasteiger partial charge >= 0.3 is 6.09 Å². The Morgan fingerprint density at radius 2 is 1.30 bits per heavy atom. The quantitative estimate of drug-likeness (QED) is 0.105. The van der Waals surface area contributed by atoms with Crippen LogP contribution in [0, 0.1) is 0 Å². The van der Waals surface area contributed by atoms with E-state index >= 15 is 0 Å². The zero-order valence-corrected chi connectivity index (χ0v) is 20.1. The van der Waals surface area contributed by atoms with Crippen LogP contribution in [0.25, 0.3) is 0 Å². The van der Waals surface area contributed by atoms with Crippen LogP contribution in [0.1, 0.15) is 70.6 Å². The monoisotopic (exact) mass is 473 g/mol. The molecule has 3 amide bonds. The van der Waals surface area contributed by atoms with Crippen LogP contribution in [0.15, 0.2) is 0 Å². The molecular formula is C22H47N7O4. The zero-order valence-electron chi connectivity index (χ0n) is 20.1. The van der Waals surface area contributed by atoms with Crippen molar-refractivity contribution >= 4 is 17.9 Å². The third-order valence-corrected chi connectivity index (χ3v) is 5.22. The highest BCUT2D eigenvalue weighted by molar-refractivity contribution is 5.88. The molecule has 0 aromatic rings. The van der Waals surface area contributed by atoms with Crippen molar-refractivity contribution in [1.82, 2.24) is 16.0 Å². The van der Waals surface area contributed by atoms with Gasteiger partial charge in [-0.25, -0.2) is 4.79 Å². The van der Waals surface area contributed by atoms with Crippen molar-refractivity contribution in [2.45, 2.75) is 82.7 Å². The van der Waals surface area contributed by atoms with Crippen LogP contribution in [0.5, 0.6) is 0 Å². The van der Waals surface area contributed by atoms with Gasteiger partial charge < -0.3 is 43.6 Å². The second-order valence-corrected chi connectivity index (χ2v) is 8.26. The molecular weight excluding hydrogens is 426 g/mol. The first-order valence-electron chi connectivity index (χ1n) is 12.3. The Hall–Kier alpha value is -1.95. The normalized spacial score (nSPS) is 12.7. The van der Waals surface area contributed by atoms with Gasteiger partial charge in [0, 0.05) is 0 Å². The molecule has 0 aliphatic rings. The van der Waals surface area contributed by atoms with Crippen LogP contribution in [0.2, 0.25) is 0 Å². The van der Waals surface area contributed by atoms with E-state index in [1.54, 1.807) is 0 Å². The predicted octanol–water partition coefficient (Wildman–Crippen LogP) is -0.192. The minimum atomic E-state index is -0.897. The van der Waals surface area contributed by atoms with Crippen molar-refractivity contribution in [2.24, 2.45) is 22.9 Å². The summed E-state index contributed by atoms with van der Waals surface area (Å²) in [7, 11) is 0. The van der Waals surface area contributed by atoms with Crippen LogP contribution < -0.4 is 38.9 Å². The number of carbonyl (C=O) groups is 3. The molecule has 0 bridgehead atoms. The number of nitrogens with one attached hydrogen (secondary N) is 3. The predicted molar refractivity (Wildman–Crippen MR) is 130 cm³/mol. The molecule has 0 rings (SSSR count). The van der Waals surface area contributed by atoms with E-state index in [2.05, 4.69) is 16.0 Å². The minimum absolute atomic E-state index is 0.0258. The van der Waals surface area contributed by atoms with Crippen LogP contribution in [0.3, 0.4) is 0 Å². The van der Waals surface area contributed by atoms with Gasteiger partial charge in [-0.05, 0) is 71.1 Å². The van der Waals surface area contributed by atoms with Gasteiger partial charge in [0.05, 0.1) is 12.6 Å². The lowest BCUT2D eigenvalue weighted by Crippen LogP contribution is -2.52. The first-order chi connectivity index (χ1) is 15.9. The molecule has 11 N–H and O–H groups in total. The number of carbonyl (C=O) groups excluding carboxylic acids is 3. The third kappa shape index (κ3) is 19.2. The summed E-state index contributed by atoms with van der Waals surface area (Å²) in [5.41, 5.74) is 21.6. The maximum absolute atomic E-state index is 12.9. The van der Waals surface area contributed by atoms with Crippen LogP contribution in [0.4, 0.5) is 4.79 Å². The minimum Gasteiger partial charge on any atom is -0.448 e. The van der Waals surface area contributed by atoms with Crippen LogP contribution in [-0.4, -0.2) is 69.3 Å². The molecule has 0 fully saturated rings. The van der Waals surface area contributed by atoms with Crippen molar-refractivity contribution in [3.05, 3.63) is 0 Å². The number of hydrogen-bond donors (Lipinski definition) is 7. The van der Waals surface area contributed by atoms with E-state index in [9.17, 15) is 14.4 Å². The fraction of sp³-hybridized carbons (Fsp3) is 0.864. The Bertz CT molecular complexity index is 523. The second kappa shape index (κ2) is 21.9. The zero-order chi connectivity index (χ0) is 24.7. The van der Waals surface area contributed by atoms with E-state index in [0.29, 0.717) is 32.4 Å². The fourth-order valence-corrected chi connectivity index (χ4v) is 3.35. The first kappa shape index (κ1) is 31.0. The number of nitrogens with two attached hydrogens (primary N) is 4. The second-order valence-electron chi connectivity index (χ2n) is 8.26. The Labute approximate surface area is 198 Å². The molecule has 0 unspecified atom stereocenters. The molecule has 194 valence electrons. The molecule has 2 atom stereocenters. The summed E-state index contributed by atoms with van der Waals surface area (Å²) in [6, 6.07) is -1.09. The summed E-state index contributed by atoms with van der Waals surface area (Å²) in [6.45, 7) is 2.65. The molecule has 0 aliphatic carbocycles. The Balaban J connectivity index is 4.60. The van der Waals surface area contributed by atoms with E-state index in [1.807, 2.05) is 0 Å². The van der Waals surface area contributed by atoms with E-state index < -0.39 is 18.2 Å². The van der Waals surface area contributed by atoms with Crippen molar-refractivity contribution in [1.29, 1.82) is 0 Å². The first-order valence-corrected chi connectivity index (χ1v) is 12.3. The standard InChI is InChI=1S/C22H47N7O4/c23-12-6-2-1-3-9-15-27-16-20(30)29-19(11-5-8-14-25)21(31)28-18(10-4-7-13-24)17-33-22(26)32/h18-19,27H,1-17,23-25H2,(H2,26,32)(H,28,31)(H,29,30)/t18-,19+/m1/s1. The van der Waals surface area contributed by atoms with Crippen LogP contribution >= 0.6 is 0 Å². The van der Waals surface area contributed by atoms with Gasteiger partial charge in [-0.3, -0.25) is 9.59 Å². The van der Waals surface area contributed by atoms with E-state index in [4.69, 9.17) is 27.7 Å². The Kier molecular flexibility index (Phi) is 20.6. The molecule has 0 heterocycles. The summed E-state index contributed by atoms with van der Waals surface area (Å²) in [4.78, 5) is 36.2. The van der Waals surface area contributed by atoms with Gasteiger partial charge in [-0.15, -0.1) is 0 Å². The van der Waals surface area contributed by atoms with Gasteiger partial charge in [0.25, 0.3) is 0 Å². The summed E-state index contributed by atoms with van der Waals surface area (Å²) in [5, 5.41) is 8.81. The topological polar surface area (TPSA) is 201 Å². The Morgan fingerprint density at radius 3 is 1.94 bits per heavy atom. The molecule has 0 aromatic heterocycles. The van der Waals surface area contributed by atoms with Gasteiger partial charge in [0.1, 0.15) is 12.6 Å². The molecule has 11 nitrogen and oxygen atoms in total. The SMILES string of the molecule is NCCCCCCCNCC(=O)N[C@@H](CCCCN)C(=O)N[C@H](CCCCN)COC(N)=O. The van der Waals surface area contributed by atoms with Gasteiger partial charge in [0.15, 0.2) is 0 Å². The van der Waals surface area contributed by atoms with Gasteiger partial charge in [-0.1, -0.05) is 25.7 Å². The highest BCUT2D eigenvalue weighted by Crippen LogP contribution is 2.06. The summed E-state index contributed by atoms with van der Waals surface area (Å²) in [6.07, 6.45) is 8.59. The maximum Gasteiger partial charge on any atom is 0.404 e. The molecule has 0 spiro atoms. The van der Waals surface area contributed by atoms with Gasteiger partial charge in [-0.2, -0.15) is 0 Å². The number of rotatable bonds is 22. The fourth-order valence-electron chi connectivity index (χ4n) is 3.35. The van der Waals surface area contributed by atoms with Crippen molar-refractivity contribution in [2.75, 3.05) is 39.3 Å². The largest absolute Gasteiger partial charge is 0.448 e. The Morgan fingerprint density at radius 1 is 0.727 bits per heavy atom. The van der Waals surface area contributed by atoms with Gasteiger partial charge in [0.2, 0.25) is 11.8 Å². The summed E-state index contributed by atoms with van der Waals surface area (Å²) in [5.74, 6) is -0.551. The lowest BCUT2D eigenvalue weighted by Gasteiger charge is -2.23. The average Bonchev–Trinajstić information content (AvgIpc) is 2.78. The third-order valence-electron chi connectivity index (χ3n) is 5.22. The van der Waals surface area contributed by atoms with E-state index in [1.165, 1.54) is 0 Å². The smallest absolute Gasteiger partial charge is 0.404 e. The van der Waals surface area contributed by atoms with E-state index in [0.717, 1.165) is 64.5 Å². The lowest BCUT2D eigenvalue weighted by molar-refractivity contribution is -0.129. The molecule has 0 aromatic carbocycles.